The van der Waals surface area contributed by atoms with E-state index in [4.69, 9.17) is 14.8 Å². The van der Waals surface area contributed by atoms with Crippen molar-refractivity contribution in [1.82, 2.24) is 24.2 Å². The van der Waals surface area contributed by atoms with E-state index < -0.39 is 5.97 Å². The van der Waals surface area contributed by atoms with Gasteiger partial charge in [-0.2, -0.15) is 0 Å². The van der Waals surface area contributed by atoms with E-state index in [0.717, 1.165) is 59.1 Å². The van der Waals surface area contributed by atoms with Gasteiger partial charge in [0.15, 0.2) is 0 Å². The van der Waals surface area contributed by atoms with Crippen molar-refractivity contribution in [2.24, 2.45) is 11.8 Å². The van der Waals surface area contributed by atoms with Crippen LogP contribution >= 0.6 is 0 Å². The molecule has 1 aliphatic heterocycles. The van der Waals surface area contributed by atoms with Crippen molar-refractivity contribution in [2.75, 3.05) is 13.2 Å². The van der Waals surface area contributed by atoms with Gasteiger partial charge in [-0.25, -0.2) is 19.8 Å². The number of benzene rings is 2. The minimum absolute atomic E-state index is 0.0318. The van der Waals surface area contributed by atoms with Crippen LogP contribution in [0.4, 0.5) is 0 Å². The van der Waals surface area contributed by atoms with Gasteiger partial charge in [-0.05, 0) is 80.3 Å². The fourth-order valence-electron chi connectivity index (χ4n) is 8.05. The molecule has 9 nitrogen and oxygen atoms in total. The van der Waals surface area contributed by atoms with Crippen LogP contribution in [0.15, 0.2) is 36.4 Å². The highest BCUT2D eigenvalue weighted by atomic mass is 16.7. The highest BCUT2D eigenvalue weighted by Gasteiger charge is 2.28. The third kappa shape index (κ3) is 8.09. The Morgan fingerprint density at radius 2 is 1.16 bits per heavy atom. The molecule has 3 aliphatic rings. The second-order valence-electron chi connectivity index (χ2n) is 16.9. The zero-order chi connectivity index (χ0) is 35.6. The molecule has 2 saturated carbocycles. The molecule has 50 heavy (non-hydrogen) atoms. The van der Waals surface area contributed by atoms with E-state index >= 15 is 0 Å². The summed E-state index contributed by atoms with van der Waals surface area (Å²) in [5, 5.41) is 10.7. The summed E-state index contributed by atoms with van der Waals surface area (Å²) in [6, 6.07) is 11.2. The number of rotatable bonds is 6. The highest BCUT2D eigenvalue weighted by Crippen LogP contribution is 2.33. The molecule has 0 atom stereocenters. The highest BCUT2D eigenvalue weighted by molar-refractivity contribution is 5.97. The molecule has 270 valence electrons. The number of hydroxylamine groups is 2. The third-order valence-corrected chi connectivity index (χ3v) is 10.6. The van der Waals surface area contributed by atoms with Crippen molar-refractivity contribution >= 4 is 33.9 Å². The Morgan fingerprint density at radius 3 is 1.58 bits per heavy atom. The number of aromatic nitrogens is 4. The van der Waals surface area contributed by atoms with Gasteiger partial charge in [0.2, 0.25) is 0 Å². The van der Waals surface area contributed by atoms with Crippen LogP contribution in [0.1, 0.15) is 145 Å². The molecule has 3 heterocycles. The first-order chi connectivity index (χ1) is 23.8. The molecule has 0 radical (unpaired) electrons. The Hall–Kier alpha value is -3.72. The lowest BCUT2D eigenvalue weighted by molar-refractivity contribution is -0.0768. The molecule has 3 fully saturated rings. The number of carbonyl (C=O) groups is 2. The fraction of sp³-hybridized carbons (Fsp3) is 0.610. The second-order valence-corrected chi connectivity index (χ2v) is 16.9. The molecule has 0 spiro atoms. The minimum atomic E-state index is -0.897. The first-order valence-electron chi connectivity index (χ1n) is 19.0. The SMILES string of the molecule is CC(C)(C)c1nc2cc(C(=O)N3CCCO3)ccc2n1CC1CCCCC1.CC(C)(C)c1nc2cc(C(=O)O)ccc2n1CC1CCCCC1. The zero-order valence-corrected chi connectivity index (χ0v) is 31.1. The summed E-state index contributed by atoms with van der Waals surface area (Å²) in [7, 11) is 0. The number of aromatic carboxylic acids is 1. The molecule has 4 aromatic rings. The minimum Gasteiger partial charge on any atom is -0.478 e. The maximum Gasteiger partial charge on any atom is 0.335 e. The summed E-state index contributed by atoms with van der Waals surface area (Å²) >= 11 is 0. The van der Waals surface area contributed by atoms with Crippen LogP contribution < -0.4 is 0 Å². The van der Waals surface area contributed by atoms with Gasteiger partial charge in [0.05, 0.1) is 40.8 Å². The van der Waals surface area contributed by atoms with Crippen LogP contribution in [0, 0.1) is 11.8 Å². The summed E-state index contributed by atoms with van der Waals surface area (Å²) in [6.07, 6.45) is 14.2. The van der Waals surface area contributed by atoms with Gasteiger partial charge in [-0.1, -0.05) is 80.1 Å². The fourth-order valence-corrected chi connectivity index (χ4v) is 8.05. The summed E-state index contributed by atoms with van der Waals surface area (Å²) in [4.78, 5) is 39.1. The standard InChI is InChI=1S/C22H31N3O2.C19H26N2O2/c1-22(2,3)21-23-18-14-17(20(26)25-12-7-13-27-25)10-11-19(18)24(21)15-16-8-5-4-6-9-16;1-19(2,3)18-20-15-11-14(17(22)23)9-10-16(15)21(18)12-13-7-5-4-6-8-13/h10-11,14,16H,4-9,12-13,15H2,1-3H3;9-11,13H,4-8,12H2,1-3H3,(H,22,23). The monoisotopic (exact) mass is 683 g/mol. The lowest BCUT2D eigenvalue weighted by atomic mass is 9.88. The van der Waals surface area contributed by atoms with Gasteiger partial charge < -0.3 is 14.2 Å². The van der Waals surface area contributed by atoms with Crippen LogP contribution in [0.3, 0.4) is 0 Å². The van der Waals surface area contributed by atoms with E-state index in [0.29, 0.717) is 30.2 Å². The van der Waals surface area contributed by atoms with Crippen molar-refractivity contribution < 1.29 is 19.5 Å². The largest absolute Gasteiger partial charge is 0.478 e. The summed E-state index contributed by atoms with van der Waals surface area (Å²) in [6.45, 7) is 16.5. The van der Waals surface area contributed by atoms with Crippen LogP contribution in [0.2, 0.25) is 0 Å². The van der Waals surface area contributed by atoms with Gasteiger partial charge in [0.1, 0.15) is 11.6 Å². The normalized spacial score (nSPS) is 18.1. The summed E-state index contributed by atoms with van der Waals surface area (Å²) in [5.74, 6) is 2.66. The van der Waals surface area contributed by atoms with Gasteiger partial charge in [-0.15, -0.1) is 0 Å². The average molecular weight is 684 g/mol. The number of imidazole rings is 2. The van der Waals surface area contributed by atoms with Crippen LogP contribution in [0.25, 0.3) is 22.1 Å². The maximum absolute atomic E-state index is 12.7. The van der Waals surface area contributed by atoms with Crippen LogP contribution in [-0.4, -0.2) is 54.3 Å². The lowest BCUT2D eigenvalue weighted by Gasteiger charge is -2.26. The molecule has 1 saturated heterocycles. The van der Waals surface area contributed by atoms with Crippen molar-refractivity contribution in [1.29, 1.82) is 0 Å². The van der Waals surface area contributed by atoms with Gasteiger partial charge in [0, 0.05) is 29.5 Å². The Kier molecular flexibility index (Phi) is 10.7. The summed E-state index contributed by atoms with van der Waals surface area (Å²) < 4.78 is 4.74. The smallest absolute Gasteiger partial charge is 0.335 e. The number of hydrogen-bond acceptors (Lipinski definition) is 5. The van der Waals surface area contributed by atoms with Gasteiger partial charge in [-0.3, -0.25) is 9.63 Å². The molecule has 7 rings (SSSR count). The molecule has 1 amide bonds. The van der Waals surface area contributed by atoms with Gasteiger partial charge >= 0.3 is 5.97 Å². The van der Waals surface area contributed by atoms with Crippen LogP contribution in [0.5, 0.6) is 0 Å². The molecular weight excluding hydrogens is 626 g/mol. The number of amides is 1. The topological polar surface area (TPSA) is 102 Å². The molecule has 2 aromatic heterocycles. The number of fused-ring (bicyclic) bond motifs is 2. The Bertz CT molecular complexity index is 1810. The van der Waals surface area contributed by atoms with Crippen LogP contribution in [-0.2, 0) is 28.8 Å². The van der Waals surface area contributed by atoms with E-state index in [2.05, 4.69) is 56.7 Å². The maximum atomic E-state index is 12.7. The predicted molar refractivity (Wildman–Crippen MR) is 199 cm³/mol. The molecule has 9 heteroatoms. The molecule has 0 bridgehead atoms. The number of carbonyl (C=O) groups excluding carboxylic acids is 1. The number of nitrogens with zero attached hydrogens (tertiary/aromatic N) is 5. The summed E-state index contributed by atoms with van der Waals surface area (Å²) in [5.41, 5.74) is 4.79. The van der Waals surface area contributed by atoms with Crippen molar-refractivity contribution in [3.8, 4) is 0 Å². The second kappa shape index (κ2) is 14.9. The van der Waals surface area contributed by atoms with E-state index in [9.17, 15) is 14.7 Å². The van der Waals surface area contributed by atoms with E-state index in [1.165, 1.54) is 69.3 Å². The zero-order valence-electron chi connectivity index (χ0n) is 31.1. The lowest BCUT2D eigenvalue weighted by Crippen LogP contribution is -2.26. The Balaban J connectivity index is 0.000000175. The third-order valence-electron chi connectivity index (χ3n) is 10.6. The Labute approximate surface area is 297 Å². The van der Waals surface area contributed by atoms with E-state index in [-0.39, 0.29) is 16.7 Å². The molecular formula is C41H57N5O4. The molecule has 1 N–H and O–H groups in total. The number of carboxylic acid groups (broad SMARTS) is 1. The van der Waals surface area contributed by atoms with Gasteiger partial charge in [0.25, 0.3) is 5.91 Å². The quantitative estimate of drug-likeness (QED) is 0.217. The molecule has 0 unspecified atom stereocenters. The van der Waals surface area contributed by atoms with Crippen molar-refractivity contribution in [3.05, 3.63) is 59.2 Å². The number of hydrogen-bond donors (Lipinski definition) is 1. The molecule has 2 aliphatic carbocycles. The first kappa shape index (κ1) is 36.1. The number of carboxylic acids is 1. The Morgan fingerprint density at radius 1 is 0.700 bits per heavy atom. The first-order valence-corrected chi connectivity index (χ1v) is 19.0. The van der Waals surface area contributed by atoms with Crippen molar-refractivity contribution in [2.45, 2.75) is 136 Å². The average Bonchev–Trinajstić information content (AvgIpc) is 3.84. The predicted octanol–water partition coefficient (Wildman–Crippen LogP) is 9.30. The molecule has 2 aromatic carbocycles. The van der Waals surface area contributed by atoms with E-state index in [1.54, 1.807) is 12.1 Å². The van der Waals surface area contributed by atoms with E-state index in [1.807, 2.05) is 18.2 Å². The van der Waals surface area contributed by atoms with Crippen molar-refractivity contribution in [3.63, 3.8) is 0 Å².